The molecule has 0 N–H and O–H groups in total. The van der Waals surface area contributed by atoms with Gasteiger partial charge >= 0.3 is 0 Å². The zero-order chi connectivity index (χ0) is 13.8. The number of nitrogens with zero attached hydrogens (tertiary/aromatic N) is 1. The Morgan fingerprint density at radius 2 is 2.06 bits per heavy atom. The molecule has 0 saturated carbocycles. The first-order chi connectivity index (χ1) is 8.27. The fourth-order valence-electron chi connectivity index (χ4n) is 1.54. The van der Waals surface area contributed by atoms with E-state index in [9.17, 15) is 8.42 Å². The van der Waals surface area contributed by atoms with E-state index in [-0.39, 0.29) is 10.6 Å². The number of halogens is 1. The van der Waals surface area contributed by atoms with E-state index in [0.717, 1.165) is 0 Å². The van der Waals surface area contributed by atoms with Crippen LogP contribution in [0.2, 0.25) is 5.02 Å². The lowest BCUT2D eigenvalue weighted by Crippen LogP contribution is -2.12. The topological polar surface area (TPSA) is 57.9 Å². The summed E-state index contributed by atoms with van der Waals surface area (Å²) in [6.45, 7) is 3.61. The third kappa shape index (κ3) is 4.32. The minimum atomic E-state index is -3.31. The van der Waals surface area contributed by atoms with Gasteiger partial charge in [0.15, 0.2) is 9.84 Å². The molecular formula is C13H16ClNO2S. The lowest BCUT2D eigenvalue weighted by Gasteiger charge is -2.14. The Hall–Kier alpha value is -1.05. The molecule has 0 fully saturated rings. The summed E-state index contributed by atoms with van der Waals surface area (Å²) in [4.78, 5) is 0.241. The van der Waals surface area contributed by atoms with E-state index in [4.69, 9.17) is 16.9 Å². The summed E-state index contributed by atoms with van der Waals surface area (Å²) in [5, 5.41) is 9.27. The van der Waals surface area contributed by atoms with Crippen molar-refractivity contribution < 1.29 is 8.42 Å². The number of rotatable bonds is 5. The van der Waals surface area contributed by atoms with E-state index in [1.807, 2.05) is 0 Å². The predicted octanol–water partition coefficient (Wildman–Crippen LogP) is 3.44. The van der Waals surface area contributed by atoms with Crippen molar-refractivity contribution >= 4 is 21.4 Å². The van der Waals surface area contributed by atoms with E-state index in [2.05, 4.69) is 6.07 Å². The second-order valence-corrected chi connectivity index (χ2v) is 7.42. The van der Waals surface area contributed by atoms with Crippen molar-refractivity contribution in [3.05, 3.63) is 29.3 Å². The van der Waals surface area contributed by atoms with Gasteiger partial charge in [0.2, 0.25) is 0 Å². The van der Waals surface area contributed by atoms with Crippen LogP contribution in [0.5, 0.6) is 0 Å². The third-order valence-electron chi connectivity index (χ3n) is 2.67. The maximum atomic E-state index is 12.0. The molecule has 0 aromatic heterocycles. The van der Waals surface area contributed by atoms with Crippen LogP contribution in [0.3, 0.4) is 0 Å². The van der Waals surface area contributed by atoms with Gasteiger partial charge < -0.3 is 0 Å². The quantitative estimate of drug-likeness (QED) is 0.832. The van der Waals surface area contributed by atoms with Gasteiger partial charge in [0, 0.05) is 5.02 Å². The van der Waals surface area contributed by atoms with Crippen LogP contribution in [-0.4, -0.2) is 14.2 Å². The highest BCUT2D eigenvalue weighted by molar-refractivity contribution is 7.91. The largest absolute Gasteiger partial charge is 0.224 e. The Kier molecular flexibility index (Phi) is 4.78. The van der Waals surface area contributed by atoms with Crippen LogP contribution in [-0.2, 0) is 9.84 Å². The average molecular weight is 286 g/mol. The Bertz CT molecular complexity index is 559. The summed E-state index contributed by atoms with van der Waals surface area (Å²) < 4.78 is 24.0. The minimum absolute atomic E-state index is 0.0401. The smallest absolute Gasteiger partial charge is 0.178 e. The molecule has 0 heterocycles. The molecule has 0 aliphatic heterocycles. The Morgan fingerprint density at radius 1 is 1.39 bits per heavy atom. The van der Waals surface area contributed by atoms with Gasteiger partial charge in [-0.1, -0.05) is 17.7 Å². The first-order valence-corrected chi connectivity index (χ1v) is 7.69. The molecule has 0 atom stereocenters. The SMILES string of the molecule is CC(C)(C#N)CCCS(=O)(=O)c1cccc(Cl)c1. The third-order valence-corrected chi connectivity index (χ3v) is 4.71. The van der Waals surface area contributed by atoms with Crippen molar-refractivity contribution in [1.29, 1.82) is 5.26 Å². The van der Waals surface area contributed by atoms with Crippen LogP contribution < -0.4 is 0 Å². The van der Waals surface area contributed by atoms with Crippen molar-refractivity contribution in [1.82, 2.24) is 0 Å². The summed E-state index contributed by atoms with van der Waals surface area (Å²) >= 11 is 5.77. The predicted molar refractivity (Wildman–Crippen MR) is 72.1 cm³/mol. The standard InChI is InChI=1S/C13H16ClNO2S/c1-13(2,10-15)7-4-8-18(16,17)12-6-3-5-11(14)9-12/h3,5-6,9H,4,7-8H2,1-2H3. The first-order valence-electron chi connectivity index (χ1n) is 5.66. The number of nitriles is 1. The summed E-state index contributed by atoms with van der Waals surface area (Å²) in [6.07, 6.45) is 1.03. The zero-order valence-electron chi connectivity index (χ0n) is 10.5. The summed E-state index contributed by atoms with van der Waals surface area (Å²) in [7, 11) is -3.31. The number of benzene rings is 1. The van der Waals surface area contributed by atoms with Gasteiger partial charge in [-0.3, -0.25) is 0 Å². The molecular weight excluding hydrogens is 270 g/mol. The maximum Gasteiger partial charge on any atom is 0.178 e. The van der Waals surface area contributed by atoms with Crippen LogP contribution in [0.1, 0.15) is 26.7 Å². The summed E-state index contributed by atoms with van der Waals surface area (Å²) in [6, 6.07) is 8.41. The molecule has 3 nitrogen and oxygen atoms in total. The lowest BCUT2D eigenvalue weighted by molar-refractivity contribution is 0.445. The van der Waals surface area contributed by atoms with E-state index in [1.54, 1.807) is 26.0 Å². The average Bonchev–Trinajstić information content (AvgIpc) is 2.28. The van der Waals surface area contributed by atoms with E-state index in [1.165, 1.54) is 12.1 Å². The van der Waals surface area contributed by atoms with Crippen molar-refractivity contribution in [3.63, 3.8) is 0 Å². The van der Waals surface area contributed by atoms with Crippen molar-refractivity contribution in [2.75, 3.05) is 5.75 Å². The highest BCUT2D eigenvalue weighted by Crippen LogP contribution is 2.23. The molecule has 0 amide bonds. The van der Waals surface area contributed by atoms with Gasteiger partial charge in [-0.05, 0) is 44.9 Å². The molecule has 18 heavy (non-hydrogen) atoms. The van der Waals surface area contributed by atoms with Crippen molar-refractivity contribution in [2.24, 2.45) is 5.41 Å². The van der Waals surface area contributed by atoms with Crippen LogP contribution >= 0.6 is 11.6 Å². The molecule has 5 heteroatoms. The van der Waals surface area contributed by atoms with Gasteiger partial charge in [-0.2, -0.15) is 5.26 Å². The second-order valence-electron chi connectivity index (χ2n) is 4.88. The van der Waals surface area contributed by atoms with Gasteiger partial charge in [0.05, 0.1) is 22.1 Å². The number of hydrogen-bond donors (Lipinski definition) is 0. The molecule has 0 bridgehead atoms. The maximum absolute atomic E-state index is 12.0. The fraction of sp³-hybridized carbons (Fsp3) is 0.462. The molecule has 0 aliphatic carbocycles. The normalized spacial score (nSPS) is 12.1. The Balaban J connectivity index is 2.70. The highest BCUT2D eigenvalue weighted by atomic mass is 35.5. The van der Waals surface area contributed by atoms with Crippen molar-refractivity contribution in [2.45, 2.75) is 31.6 Å². The fourth-order valence-corrected chi connectivity index (χ4v) is 3.15. The number of hydrogen-bond acceptors (Lipinski definition) is 3. The molecule has 0 saturated heterocycles. The lowest BCUT2D eigenvalue weighted by atomic mass is 9.90. The monoisotopic (exact) mass is 285 g/mol. The van der Waals surface area contributed by atoms with Gasteiger partial charge in [0.25, 0.3) is 0 Å². The molecule has 0 aliphatic rings. The van der Waals surface area contributed by atoms with Crippen LogP contribution in [0.4, 0.5) is 0 Å². The molecule has 0 radical (unpaired) electrons. The molecule has 0 spiro atoms. The molecule has 1 aromatic rings. The van der Waals surface area contributed by atoms with Crippen LogP contribution in [0.15, 0.2) is 29.2 Å². The highest BCUT2D eigenvalue weighted by Gasteiger charge is 2.20. The summed E-state index contributed by atoms with van der Waals surface area (Å²) in [5.74, 6) is 0.0401. The van der Waals surface area contributed by atoms with Gasteiger partial charge in [-0.25, -0.2) is 8.42 Å². The Morgan fingerprint density at radius 3 is 2.61 bits per heavy atom. The Labute approximate surface area is 113 Å². The number of sulfone groups is 1. The zero-order valence-corrected chi connectivity index (χ0v) is 12.1. The second kappa shape index (κ2) is 5.73. The molecule has 1 rings (SSSR count). The van der Waals surface area contributed by atoms with Gasteiger partial charge in [0.1, 0.15) is 0 Å². The van der Waals surface area contributed by atoms with Crippen LogP contribution in [0, 0.1) is 16.7 Å². The molecule has 0 unspecified atom stereocenters. The molecule has 98 valence electrons. The van der Waals surface area contributed by atoms with Crippen molar-refractivity contribution in [3.8, 4) is 6.07 Å². The van der Waals surface area contributed by atoms with E-state index in [0.29, 0.717) is 17.9 Å². The van der Waals surface area contributed by atoms with Crippen LogP contribution in [0.25, 0.3) is 0 Å². The molecule has 1 aromatic carbocycles. The van der Waals surface area contributed by atoms with E-state index >= 15 is 0 Å². The summed E-state index contributed by atoms with van der Waals surface area (Å²) in [5.41, 5.74) is -0.482. The first kappa shape index (κ1) is 15.0. The minimum Gasteiger partial charge on any atom is -0.224 e. The van der Waals surface area contributed by atoms with E-state index < -0.39 is 15.3 Å². The van der Waals surface area contributed by atoms with Gasteiger partial charge in [-0.15, -0.1) is 0 Å².